The summed E-state index contributed by atoms with van der Waals surface area (Å²) in [4.78, 5) is 0. The van der Waals surface area contributed by atoms with Crippen molar-refractivity contribution in [2.24, 2.45) is 0 Å². The van der Waals surface area contributed by atoms with Crippen LogP contribution >= 0.6 is 27.5 Å². The van der Waals surface area contributed by atoms with Crippen molar-refractivity contribution < 1.29 is 9.13 Å². The van der Waals surface area contributed by atoms with Crippen LogP contribution in [0.5, 0.6) is 5.75 Å². The van der Waals surface area contributed by atoms with E-state index in [1.54, 1.807) is 0 Å². The van der Waals surface area contributed by atoms with Gasteiger partial charge in [-0.05, 0) is 47.8 Å². The quantitative estimate of drug-likeness (QED) is 0.622. The van der Waals surface area contributed by atoms with Crippen LogP contribution in [-0.4, -0.2) is 18.7 Å². The predicted octanol–water partition coefficient (Wildman–Crippen LogP) is 4.15. The average Bonchev–Trinajstić information content (AvgIpc) is 3.07. The second-order valence-electron chi connectivity index (χ2n) is 4.66. The number of ether oxygens (including phenoxy) is 1. The van der Waals surface area contributed by atoms with Gasteiger partial charge in [0.25, 0.3) is 0 Å². The summed E-state index contributed by atoms with van der Waals surface area (Å²) in [5.74, 6) is 0.0693. The molecule has 5 heteroatoms. The lowest BCUT2D eigenvalue weighted by atomic mass is 10.3. The maximum absolute atomic E-state index is 13.4. The van der Waals surface area contributed by atoms with E-state index < -0.39 is 5.82 Å². The summed E-state index contributed by atoms with van der Waals surface area (Å²) in [5, 5.41) is 3.44. The molecule has 0 radical (unpaired) electrons. The molecular weight excluding hydrogens is 321 g/mol. The van der Waals surface area contributed by atoms with Crippen molar-refractivity contribution in [3.63, 3.8) is 0 Å². The Balaban J connectivity index is 2.03. The molecule has 1 aliphatic rings. The summed E-state index contributed by atoms with van der Waals surface area (Å²) >= 11 is 9.05. The molecule has 2 rings (SSSR count). The lowest BCUT2D eigenvalue weighted by Crippen LogP contribution is -2.33. The zero-order valence-electron chi connectivity index (χ0n) is 10.2. The van der Waals surface area contributed by atoms with Crippen molar-refractivity contribution in [3.8, 4) is 5.75 Å². The molecular formula is C13H16BrClFNO. The summed E-state index contributed by atoms with van der Waals surface area (Å²) in [5.41, 5.74) is -0.169. The molecule has 0 aliphatic heterocycles. The van der Waals surface area contributed by atoms with Crippen LogP contribution in [0.4, 0.5) is 4.39 Å². The molecule has 1 N–H and O–H groups in total. The molecule has 18 heavy (non-hydrogen) atoms. The maximum Gasteiger partial charge on any atom is 0.145 e. The molecule has 2 nitrogen and oxygen atoms in total. The summed E-state index contributed by atoms with van der Waals surface area (Å²) in [7, 11) is 0. The smallest absolute Gasteiger partial charge is 0.145 e. The third-order valence-corrected chi connectivity index (χ3v) is 3.89. The number of hydrogen-bond acceptors (Lipinski definition) is 2. The Kier molecular flexibility index (Phi) is 4.51. The first-order chi connectivity index (χ1) is 8.56. The molecule has 1 saturated carbocycles. The van der Waals surface area contributed by atoms with Gasteiger partial charge in [0.2, 0.25) is 0 Å². The number of benzene rings is 1. The highest BCUT2D eigenvalue weighted by atomic mass is 79.9. The molecule has 0 saturated heterocycles. The number of hydrogen-bond donors (Lipinski definition) is 1. The predicted molar refractivity (Wildman–Crippen MR) is 74.9 cm³/mol. The van der Waals surface area contributed by atoms with Crippen molar-refractivity contribution >= 4 is 27.5 Å². The van der Waals surface area contributed by atoms with Gasteiger partial charge in [0.1, 0.15) is 17.2 Å². The van der Waals surface area contributed by atoms with Crippen molar-refractivity contribution in [1.29, 1.82) is 0 Å². The average molecular weight is 337 g/mol. The van der Waals surface area contributed by atoms with E-state index in [-0.39, 0.29) is 10.6 Å². The van der Waals surface area contributed by atoms with Crippen LogP contribution in [0.1, 0.15) is 26.2 Å². The molecule has 1 aromatic carbocycles. The third-order valence-electron chi connectivity index (χ3n) is 2.98. The van der Waals surface area contributed by atoms with Gasteiger partial charge in [-0.3, -0.25) is 0 Å². The van der Waals surface area contributed by atoms with Crippen molar-refractivity contribution in [2.45, 2.75) is 31.8 Å². The van der Waals surface area contributed by atoms with E-state index in [0.717, 1.165) is 32.4 Å². The molecule has 1 aromatic rings. The van der Waals surface area contributed by atoms with E-state index in [0.29, 0.717) is 10.2 Å². The molecule has 1 fully saturated rings. The SMILES string of the molecule is CCCNCC1(Oc2cc(F)c(Cl)cc2Br)CC1. The highest BCUT2D eigenvalue weighted by Gasteiger charge is 2.45. The maximum atomic E-state index is 13.4. The van der Waals surface area contributed by atoms with E-state index >= 15 is 0 Å². The van der Waals surface area contributed by atoms with Crippen LogP contribution in [0.2, 0.25) is 5.02 Å². The Morgan fingerprint density at radius 1 is 1.50 bits per heavy atom. The summed E-state index contributed by atoms with van der Waals surface area (Å²) in [6, 6.07) is 2.87. The molecule has 0 heterocycles. The van der Waals surface area contributed by atoms with Crippen molar-refractivity contribution in [3.05, 3.63) is 27.4 Å². The van der Waals surface area contributed by atoms with Gasteiger partial charge >= 0.3 is 0 Å². The highest BCUT2D eigenvalue weighted by Crippen LogP contribution is 2.42. The summed E-state index contributed by atoms with van der Waals surface area (Å²) < 4.78 is 20.0. The first-order valence-corrected chi connectivity index (χ1v) is 7.28. The van der Waals surface area contributed by atoms with E-state index in [9.17, 15) is 4.39 Å². The Labute approximate surface area is 120 Å². The van der Waals surface area contributed by atoms with E-state index in [2.05, 4.69) is 28.2 Å². The fraction of sp³-hybridized carbons (Fsp3) is 0.538. The highest BCUT2D eigenvalue weighted by molar-refractivity contribution is 9.10. The van der Waals surface area contributed by atoms with Gasteiger partial charge < -0.3 is 10.1 Å². The molecule has 0 atom stereocenters. The minimum atomic E-state index is -0.452. The fourth-order valence-corrected chi connectivity index (χ4v) is 2.48. The number of nitrogens with one attached hydrogen (secondary N) is 1. The minimum Gasteiger partial charge on any atom is -0.485 e. The molecule has 100 valence electrons. The topological polar surface area (TPSA) is 21.3 Å². The van der Waals surface area contributed by atoms with Crippen LogP contribution < -0.4 is 10.1 Å². The van der Waals surface area contributed by atoms with Crippen LogP contribution in [0.3, 0.4) is 0 Å². The van der Waals surface area contributed by atoms with E-state index in [1.807, 2.05) is 0 Å². The molecule has 1 aliphatic carbocycles. The van der Waals surface area contributed by atoms with Crippen LogP contribution in [-0.2, 0) is 0 Å². The molecule has 0 spiro atoms. The Bertz CT molecular complexity index is 437. The first-order valence-electron chi connectivity index (χ1n) is 6.10. The standard InChI is InChI=1S/C13H16BrClFNO/c1-2-5-17-8-13(3-4-13)18-12-7-11(16)10(15)6-9(12)14/h6-7,17H,2-5,8H2,1H3. The van der Waals surface area contributed by atoms with Crippen molar-refractivity contribution in [2.75, 3.05) is 13.1 Å². The Morgan fingerprint density at radius 2 is 2.22 bits per heavy atom. The summed E-state index contributed by atoms with van der Waals surface area (Å²) in [6.07, 6.45) is 3.09. The monoisotopic (exact) mass is 335 g/mol. The van der Waals surface area contributed by atoms with Crippen LogP contribution in [0.15, 0.2) is 16.6 Å². The zero-order chi connectivity index (χ0) is 13.2. The number of rotatable bonds is 6. The van der Waals surface area contributed by atoms with Crippen molar-refractivity contribution in [1.82, 2.24) is 5.32 Å². The number of halogens is 3. The van der Waals surface area contributed by atoms with Gasteiger partial charge in [0.15, 0.2) is 0 Å². The Hall–Kier alpha value is -0.320. The van der Waals surface area contributed by atoms with Gasteiger partial charge in [0.05, 0.1) is 9.50 Å². The zero-order valence-corrected chi connectivity index (χ0v) is 12.6. The fourth-order valence-electron chi connectivity index (χ4n) is 1.76. The minimum absolute atomic E-state index is 0.100. The Morgan fingerprint density at radius 3 is 2.83 bits per heavy atom. The molecule has 0 bridgehead atoms. The lowest BCUT2D eigenvalue weighted by Gasteiger charge is -2.19. The molecule has 0 aromatic heterocycles. The van der Waals surface area contributed by atoms with E-state index in [4.69, 9.17) is 16.3 Å². The summed E-state index contributed by atoms with van der Waals surface area (Å²) in [6.45, 7) is 3.90. The van der Waals surface area contributed by atoms with Gasteiger partial charge in [0, 0.05) is 12.6 Å². The van der Waals surface area contributed by atoms with Crippen LogP contribution in [0.25, 0.3) is 0 Å². The molecule has 0 unspecified atom stereocenters. The first kappa shape index (κ1) is 14.1. The lowest BCUT2D eigenvalue weighted by molar-refractivity contribution is 0.174. The second kappa shape index (κ2) is 5.76. The third kappa shape index (κ3) is 3.37. The van der Waals surface area contributed by atoms with Crippen LogP contribution in [0, 0.1) is 5.82 Å². The normalized spacial score (nSPS) is 16.7. The van der Waals surface area contributed by atoms with E-state index in [1.165, 1.54) is 12.1 Å². The second-order valence-corrected chi connectivity index (χ2v) is 5.92. The van der Waals surface area contributed by atoms with Gasteiger partial charge in [-0.25, -0.2) is 4.39 Å². The largest absolute Gasteiger partial charge is 0.485 e. The van der Waals surface area contributed by atoms with Gasteiger partial charge in [-0.2, -0.15) is 0 Å². The molecule has 0 amide bonds. The van der Waals surface area contributed by atoms with Gasteiger partial charge in [-0.15, -0.1) is 0 Å². The van der Waals surface area contributed by atoms with Gasteiger partial charge in [-0.1, -0.05) is 18.5 Å².